The molecule has 0 saturated heterocycles. The lowest BCUT2D eigenvalue weighted by Crippen LogP contribution is -2.30. The van der Waals surface area contributed by atoms with Crippen molar-refractivity contribution in [1.82, 2.24) is 10.3 Å². The van der Waals surface area contributed by atoms with Crippen molar-refractivity contribution in [2.75, 3.05) is 13.2 Å². The fourth-order valence-electron chi connectivity index (χ4n) is 0.979. The number of aromatic nitrogens is 1. The highest BCUT2D eigenvalue weighted by molar-refractivity contribution is 5.77. The summed E-state index contributed by atoms with van der Waals surface area (Å²) >= 11 is 0. The summed E-state index contributed by atoms with van der Waals surface area (Å²) in [5.74, 6) is -0.0655. The Hall–Kier alpha value is -1.78. The minimum Gasteiger partial charge on any atom is -0.478 e. The molecule has 0 saturated carbocycles. The second kappa shape index (κ2) is 5.85. The number of hydrogen-bond donors (Lipinski definition) is 2. The molecule has 5 nitrogen and oxygen atoms in total. The van der Waals surface area contributed by atoms with Crippen LogP contribution in [0.2, 0.25) is 0 Å². The average Bonchev–Trinajstić information content (AvgIpc) is 2.25. The van der Waals surface area contributed by atoms with Crippen LogP contribution in [0.4, 0.5) is 0 Å². The Morgan fingerprint density at radius 3 is 3.07 bits per heavy atom. The van der Waals surface area contributed by atoms with Gasteiger partial charge in [-0.15, -0.1) is 0 Å². The summed E-state index contributed by atoms with van der Waals surface area (Å²) in [7, 11) is 0. The van der Waals surface area contributed by atoms with Gasteiger partial charge in [-0.2, -0.15) is 0 Å². The Labute approximate surface area is 87.5 Å². The van der Waals surface area contributed by atoms with E-state index in [1.807, 2.05) is 6.92 Å². The van der Waals surface area contributed by atoms with Gasteiger partial charge in [0.1, 0.15) is 0 Å². The first-order chi connectivity index (χ1) is 7.24. The summed E-state index contributed by atoms with van der Waals surface area (Å²) in [4.78, 5) is 24.7. The predicted octanol–water partition coefficient (Wildman–Crippen LogP) is 0.280. The molecule has 1 aromatic rings. The van der Waals surface area contributed by atoms with Crippen LogP contribution in [0.5, 0.6) is 5.75 Å². The molecule has 5 heteroatoms. The molecule has 15 heavy (non-hydrogen) atoms. The fourth-order valence-corrected chi connectivity index (χ4v) is 0.979. The smallest absolute Gasteiger partial charge is 0.290 e. The van der Waals surface area contributed by atoms with Crippen molar-refractivity contribution < 1.29 is 9.53 Å². The molecular formula is C10H14N2O3. The van der Waals surface area contributed by atoms with Crippen molar-refractivity contribution >= 4 is 5.91 Å². The second-order valence-corrected chi connectivity index (χ2v) is 3.00. The maximum absolute atomic E-state index is 11.1. The van der Waals surface area contributed by atoms with Gasteiger partial charge in [0, 0.05) is 12.7 Å². The van der Waals surface area contributed by atoms with Crippen molar-refractivity contribution in [3.63, 3.8) is 0 Å². The first-order valence-corrected chi connectivity index (χ1v) is 4.81. The number of ether oxygens (including phenoxy) is 1. The van der Waals surface area contributed by atoms with Crippen molar-refractivity contribution in [3.05, 3.63) is 28.7 Å². The van der Waals surface area contributed by atoms with Gasteiger partial charge < -0.3 is 15.0 Å². The fraction of sp³-hybridized carbons (Fsp3) is 0.400. The van der Waals surface area contributed by atoms with Crippen LogP contribution in [-0.2, 0) is 4.79 Å². The van der Waals surface area contributed by atoms with Gasteiger partial charge in [-0.3, -0.25) is 9.59 Å². The number of carbonyl (C=O) groups is 1. The Kier molecular flexibility index (Phi) is 4.40. The number of aromatic amines is 1. The molecule has 1 rings (SSSR count). The van der Waals surface area contributed by atoms with Gasteiger partial charge in [0.2, 0.25) is 0 Å². The van der Waals surface area contributed by atoms with Crippen LogP contribution in [0.25, 0.3) is 0 Å². The number of carbonyl (C=O) groups excluding carboxylic acids is 1. The topological polar surface area (TPSA) is 71.2 Å². The van der Waals surface area contributed by atoms with Crippen LogP contribution in [-0.4, -0.2) is 24.0 Å². The lowest BCUT2D eigenvalue weighted by atomic mass is 10.4. The summed E-state index contributed by atoms with van der Waals surface area (Å²) in [5.41, 5.74) is -0.333. The minimum atomic E-state index is -0.333. The number of hydrogen-bond acceptors (Lipinski definition) is 3. The third-order valence-electron chi connectivity index (χ3n) is 1.71. The summed E-state index contributed by atoms with van der Waals surface area (Å²) in [5, 5.41) is 2.65. The molecule has 1 amide bonds. The minimum absolute atomic E-state index is 0.132. The highest BCUT2D eigenvalue weighted by Gasteiger charge is 2.03. The van der Waals surface area contributed by atoms with Gasteiger partial charge in [0.25, 0.3) is 11.5 Å². The molecule has 0 aliphatic heterocycles. The molecule has 1 aromatic heterocycles. The Morgan fingerprint density at radius 1 is 1.60 bits per heavy atom. The summed E-state index contributed by atoms with van der Waals surface area (Å²) in [6.45, 7) is 2.45. The number of rotatable bonds is 5. The first-order valence-electron chi connectivity index (χ1n) is 4.81. The van der Waals surface area contributed by atoms with Gasteiger partial charge >= 0.3 is 0 Å². The van der Waals surface area contributed by atoms with E-state index in [9.17, 15) is 9.59 Å². The highest BCUT2D eigenvalue weighted by atomic mass is 16.5. The largest absolute Gasteiger partial charge is 0.478 e. The first kappa shape index (κ1) is 11.3. The quantitative estimate of drug-likeness (QED) is 0.733. The van der Waals surface area contributed by atoms with Crippen molar-refractivity contribution in [3.8, 4) is 5.75 Å². The van der Waals surface area contributed by atoms with Crippen molar-refractivity contribution in [1.29, 1.82) is 0 Å². The SMILES string of the molecule is CCCNC(=O)COc1ccc[nH]c1=O. The van der Waals surface area contributed by atoms with E-state index in [4.69, 9.17) is 4.74 Å². The van der Waals surface area contributed by atoms with Crippen molar-refractivity contribution in [2.24, 2.45) is 0 Å². The standard InChI is InChI=1S/C10H14N2O3/c1-2-5-11-9(13)7-15-8-4-3-6-12-10(8)14/h3-4,6H,2,5,7H2,1H3,(H,11,13)(H,12,14). The maximum Gasteiger partial charge on any atom is 0.290 e. The lowest BCUT2D eigenvalue weighted by Gasteiger charge is -2.05. The predicted molar refractivity (Wildman–Crippen MR) is 55.9 cm³/mol. The number of H-pyrrole nitrogens is 1. The van der Waals surface area contributed by atoms with E-state index in [2.05, 4.69) is 10.3 Å². The molecule has 1 heterocycles. The molecule has 0 atom stereocenters. The molecule has 0 radical (unpaired) electrons. The normalized spacial score (nSPS) is 9.67. The average molecular weight is 210 g/mol. The van der Waals surface area contributed by atoms with E-state index in [0.29, 0.717) is 6.54 Å². The van der Waals surface area contributed by atoms with Crippen LogP contribution < -0.4 is 15.6 Å². The van der Waals surface area contributed by atoms with Gasteiger partial charge in [-0.05, 0) is 18.6 Å². The van der Waals surface area contributed by atoms with E-state index in [1.54, 1.807) is 6.07 Å². The number of pyridine rings is 1. The van der Waals surface area contributed by atoms with E-state index in [1.165, 1.54) is 12.3 Å². The highest BCUT2D eigenvalue weighted by Crippen LogP contribution is 1.98. The van der Waals surface area contributed by atoms with E-state index in [0.717, 1.165) is 6.42 Å². The zero-order valence-electron chi connectivity index (χ0n) is 8.58. The summed E-state index contributed by atoms with van der Waals surface area (Å²) in [6.07, 6.45) is 2.38. The van der Waals surface area contributed by atoms with Gasteiger partial charge in [-0.25, -0.2) is 0 Å². The van der Waals surface area contributed by atoms with Crippen LogP contribution in [0, 0.1) is 0 Å². The zero-order chi connectivity index (χ0) is 11.1. The third kappa shape index (κ3) is 3.84. The monoisotopic (exact) mass is 210 g/mol. The van der Waals surface area contributed by atoms with Crippen LogP contribution in [0.3, 0.4) is 0 Å². The number of amides is 1. The van der Waals surface area contributed by atoms with E-state index >= 15 is 0 Å². The van der Waals surface area contributed by atoms with Gasteiger partial charge in [-0.1, -0.05) is 6.92 Å². The molecule has 0 aliphatic carbocycles. The van der Waals surface area contributed by atoms with E-state index in [-0.39, 0.29) is 23.8 Å². The molecule has 0 unspecified atom stereocenters. The molecule has 0 spiro atoms. The molecule has 2 N–H and O–H groups in total. The molecule has 0 aromatic carbocycles. The Bertz CT molecular complexity index is 373. The Morgan fingerprint density at radius 2 is 2.40 bits per heavy atom. The van der Waals surface area contributed by atoms with Crippen LogP contribution >= 0.6 is 0 Å². The molecule has 0 aliphatic rings. The Balaban J connectivity index is 2.40. The van der Waals surface area contributed by atoms with Crippen molar-refractivity contribution in [2.45, 2.75) is 13.3 Å². The van der Waals surface area contributed by atoms with Gasteiger partial charge in [0.15, 0.2) is 12.4 Å². The maximum atomic E-state index is 11.1. The van der Waals surface area contributed by atoms with Gasteiger partial charge in [0.05, 0.1) is 0 Å². The molecular weight excluding hydrogens is 196 g/mol. The molecule has 0 bridgehead atoms. The summed E-state index contributed by atoms with van der Waals surface area (Å²) < 4.78 is 5.04. The lowest BCUT2D eigenvalue weighted by molar-refractivity contribution is -0.123. The van der Waals surface area contributed by atoms with E-state index < -0.39 is 0 Å². The zero-order valence-corrected chi connectivity index (χ0v) is 8.58. The second-order valence-electron chi connectivity index (χ2n) is 3.00. The summed E-state index contributed by atoms with van der Waals surface area (Å²) in [6, 6.07) is 3.16. The molecule has 0 fully saturated rings. The molecule has 82 valence electrons. The van der Waals surface area contributed by atoms with Crippen LogP contribution in [0.15, 0.2) is 23.1 Å². The third-order valence-corrected chi connectivity index (χ3v) is 1.71. The number of nitrogens with one attached hydrogen (secondary N) is 2. The van der Waals surface area contributed by atoms with Crippen LogP contribution in [0.1, 0.15) is 13.3 Å².